The van der Waals surface area contributed by atoms with Crippen LogP contribution in [0.1, 0.15) is 49.3 Å². The minimum atomic E-state index is -0.0180. The van der Waals surface area contributed by atoms with Crippen LogP contribution >= 0.6 is 0 Å². The van der Waals surface area contributed by atoms with Crippen molar-refractivity contribution in [2.75, 3.05) is 6.54 Å². The molecule has 0 spiro atoms. The van der Waals surface area contributed by atoms with E-state index in [4.69, 9.17) is 0 Å². The minimum absolute atomic E-state index is 0.0180. The number of hydrogen-bond acceptors (Lipinski definition) is 2. The zero-order valence-electron chi connectivity index (χ0n) is 11.6. The number of aryl methyl sites for hydroxylation is 1. The smallest absolute Gasteiger partial charge is 0.270 e. The monoisotopic (exact) mass is 259 g/mol. The second-order valence-corrected chi connectivity index (χ2v) is 4.70. The summed E-state index contributed by atoms with van der Waals surface area (Å²) < 4.78 is 1.88. The van der Waals surface area contributed by atoms with E-state index in [0.717, 1.165) is 43.6 Å². The Morgan fingerprint density at radius 2 is 2.16 bits per heavy atom. The van der Waals surface area contributed by atoms with E-state index < -0.39 is 0 Å². The van der Waals surface area contributed by atoms with E-state index in [0.29, 0.717) is 5.69 Å². The van der Waals surface area contributed by atoms with Crippen LogP contribution in [-0.2, 0) is 6.42 Å². The molecule has 102 valence electrons. The van der Waals surface area contributed by atoms with Gasteiger partial charge in [0.1, 0.15) is 11.3 Å². The third kappa shape index (κ3) is 2.95. The number of carbonyl (C=O) groups is 1. The van der Waals surface area contributed by atoms with Crippen LogP contribution in [0.15, 0.2) is 24.4 Å². The summed E-state index contributed by atoms with van der Waals surface area (Å²) in [6.45, 7) is 4.94. The molecule has 2 aromatic rings. The molecule has 0 atom stereocenters. The van der Waals surface area contributed by atoms with E-state index in [-0.39, 0.29) is 5.91 Å². The van der Waals surface area contributed by atoms with E-state index in [2.05, 4.69) is 24.1 Å². The molecule has 2 rings (SSSR count). The molecule has 0 unspecified atom stereocenters. The van der Waals surface area contributed by atoms with Gasteiger partial charge in [-0.05, 0) is 25.0 Å². The number of fused-ring (bicyclic) bond motifs is 1. The van der Waals surface area contributed by atoms with Crippen molar-refractivity contribution in [2.24, 2.45) is 0 Å². The molecule has 0 aliphatic heterocycles. The average Bonchev–Trinajstić information content (AvgIpc) is 2.77. The molecule has 0 fully saturated rings. The number of pyridine rings is 1. The maximum Gasteiger partial charge on any atom is 0.270 e. The van der Waals surface area contributed by atoms with Gasteiger partial charge in [0, 0.05) is 12.7 Å². The fourth-order valence-corrected chi connectivity index (χ4v) is 2.16. The van der Waals surface area contributed by atoms with Crippen molar-refractivity contribution >= 4 is 11.6 Å². The number of amides is 1. The van der Waals surface area contributed by atoms with Crippen LogP contribution in [0.4, 0.5) is 0 Å². The van der Waals surface area contributed by atoms with Gasteiger partial charge in [-0.25, -0.2) is 4.98 Å². The maximum atomic E-state index is 12.3. The SMILES string of the molecule is CCCCNC(=O)c1c(CCC)nc2ccccn12. The second-order valence-electron chi connectivity index (χ2n) is 4.70. The molecule has 0 bridgehead atoms. The summed E-state index contributed by atoms with van der Waals surface area (Å²) in [5.41, 5.74) is 2.42. The van der Waals surface area contributed by atoms with Gasteiger partial charge >= 0.3 is 0 Å². The number of nitrogens with zero attached hydrogens (tertiary/aromatic N) is 2. The molecule has 4 heteroatoms. The van der Waals surface area contributed by atoms with Crippen LogP contribution in [-0.4, -0.2) is 21.8 Å². The lowest BCUT2D eigenvalue weighted by Crippen LogP contribution is -2.26. The van der Waals surface area contributed by atoms with Crippen molar-refractivity contribution in [2.45, 2.75) is 39.5 Å². The number of aromatic nitrogens is 2. The van der Waals surface area contributed by atoms with Crippen molar-refractivity contribution in [3.63, 3.8) is 0 Å². The summed E-state index contributed by atoms with van der Waals surface area (Å²) in [7, 11) is 0. The predicted octanol–water partition coefficient (Wildman–Crippen LogP) is 2.82. The zero-order chi connectivity index (χ0) is 13.7. The highest BCUT2D eigenvalue weighted by Gasteiger charge is 2.17. The summed E-state index contributed by atoms with van der Waals surface area (Å²) in [4.78, 5) is 16.9. The molecule has 19 heavy (non-hydrogen) atoms. The van der Waals surface area contributed by atoms with E-state index in [1.807, 2.05) is 28.8 Å². The molecular weight excluding hydrogens is 238 g/mol. The number of imidazole rings is 1. The largest absolute Gasteiger partial charge is 0.351 e. The van der Waals surface area contributed by atoms with Gasteiger partial charge in [-0.1, -0.05) is 32.8 Å². The summed E-state index contributed by atoms with van der Waals surface area (Å²) in [6.07, 6.45) is 5.80. The quantitative estimate of drug-likeness (QED) is 0.811. The standard InChI is InChI=1S/C15H21N3O/c1-3-5-10-16-15(19)14-12(8-4-2)17-13-9-6-7-11-18(13)14/h6-7,9,11H,3-5,8,10H2,1-2H3,(H,16,19). The third-order valence-corrected chi connectivity index (χ3v) is 3.12. The van der Waals surface area contributed by atoms with Crippen LogP contribution in [0.3, 0.4) is 0 Å². The van der Waals surface area contributed by atoms with Crippen LogP contribution in [0, 0.1) is 0 Å². The Bertz CT molecular complexity index is 560. The normalized spacial score (nSPS) is 10.8. The Morgan fingerprint density at radius 1 is 1.32 bits per heavy atom. The molecule has 0 radical (unpaired) electrons. The van der Waals surface area contributed by atoms with Gasteiger partial charge in [0.05, 0.1) is 5.69 Å². The first-order valence-corrected chi connectivity index (χ1v) is 7.02. The van der Waals surface area contributed by atoms with Crippen LogP contribution < -0.4 is 5.32 Å². The molecule has 0 aromatic carbocycles. The Balaban J connectivity index is 2.32. The Labute approximate surface area is 113 Å². The van der Waals surface area contributed by atoms with Crippen LogP contribution in [0.25, 0.3) is 5.65 Å². The van der Waals surface area contributed by atoms with Gasteiger partial charge < -0.3 is 5.32 Å². The first-order chi connectivity index (χ1) is 9.27. The minimum Gasteiger partial charge on any atom is -0.351 e. The highest BCUT2D eigenvalue weighted by Crippen LogP contribution is 2.14. The van der Waals surface area contributed by atoms with Gasteiger partial charge in [0.25, 0.3) is 5.91 Å². The molecule has 2 aromatic heterocycles. The Kier molecular flexibility index (Phi) is 4.55. The van der Waals surface area contributed by atoms with Crippen molar-refractivity contribution in [1.29, 1.82) is 0 Å². The highest BCUT2D eigenvalue weighted by molar-refractivity contribution is 5.94. The van der Waals surface area contributed by atoms with Gasteiger partial charge in [0.15, 0.2) is 0 Å². The van der Waals surface area contributed by atoms with E-state index in [1.54, 1.807) is 0 Å². The maximum absolute atomic E-state index is 12.3. The van der Waals surface area contributed by atoms with Gasteiger partial charge in [-0.3, -0.25) is 9.20 Å². The molecule has 0 aliphatic rings. The van der Waals surface area contributed by atoms with Gasteiger partial charge in [-0.2, -0.15) is 0 Å². The Morgan fingerprint density at radius 3 is 2.89 bits per heavy atom. The fourth-order valence-electron chi connectivity index (χ4n) is 2.16. The van der Waals surface area contributed by atoms with Crippen molar-refractivity contribution in [3.8, 4) is 0 Å². The highest BCUT2D eigenvalue weighted by atomic mass is 16.1. The predicted molar refractivity (Wildman–Crippen MR) is 76.4 cm³/mol. The Hall–Kier alpha value is -1.84. The molecule has 0 aliphatic carbocycles. The molecule has 0 saturated carbocycles. The van der Waals surface area contributed by atoms with Crippen molar-refractivity contribution in [3.05, 3.63) is 35.8 Å². The number of carbonyl (C=O) groups excluding carboxylic acids is 1. The number of rotatable bonds is 6. The average molecular weight is 259 g/mol. The molecule has 0 saturated heterocycles. The van der Waals surface area contributed by atoms with Crippen molar-refractivity contribution in [1.82, 2.24) is 14.7 Å². The fraction of sp³-hybridized carbons (Fsp3) is 0.467. The lowest BCUT2D eigenvalue weighted by atomic mass is 10.2. The summed E-state index contributed by atoms with van der Waals surface area (Å²) in [6, 6.07) is 5.80. The van der Waals surface area contributed by atoms with Crippen LogP contribution in [0.2, 0.25) is 0 Å². The van der Waals surface area contributed by atoms with Gasteiger partial charge in [-0.15, -0.1) is 0 Å². The molecular formula is C15H21N3O. The molecule has 1 amide bonds. The lowest BCUT2D eigenvalue weighted by molar-refractivity contribution is 0.0946. The summed E-state index contributed by atoms with van der Waals surface area (Å²) in [5, 5.41) is 2.98. The van der Waals surface area contributed by atoms with Crippen molar-refractivity contribution < 1.29 is 4.79 Å². The summed E-state index contributed by atoms with van der Waals surface area (Å²) in [5.74, 6) is -0.0180. The molecule has 2 heterocycles. The first kappa shape index (κ1) is 13.6. The first-order valence-electron chi connectivity index (χ1n) is 7.02. The number of hydrogen-bond donors (Lipinski definition) is 1. The summed E-state index contributed by atoms with van der Waals surface area (Å²) >= 11 is 0. The van der Waals surface area contributed by atoms with E-state index in [1.165, 1.54) is 0 Å². The number of nitrogens with one attached hydrogen (secondary N) is 1. The zero-order valence-corrected chi connectivity index (χ0v) is 11.6. The topological polar surface area (TPSA) is 46.4 Å². The second kappa shape index (κ2) is 6.36. The van der Waals surface area contributed by atoms with Crippen LogP contribution in [0.5, 0.6) is 0 Å². The third-order valence-electron chi connectivity index (χ3n) is 3.12. The molecule has 4 nitrogen and oxygen atoms in total. The van der Waals surface area contributed by atoms with Gasteiger partial charge in [0.2, 0.25) is 0 Å². The van der Waals surface area contributed by atoms with E-state index >= 15 is 0 Å². The van der Waals surface area contributed by atoms with E-state index in [9.17, 15) is 4.79 Å². The number of unbranched alkanes of at least 4 members (excludes halogenated alkanes) is 1. The lowest BCUT2D eigenvalue weighted by Gasteiger charge is -2.06. The molecule has 1 N–H and O–H groups in total.